The standard InChI is InChI=1S/C47H63NO6Si/c1-33(2)55(34(3)4,35(5)6)44-29-48(46(51)54-43-27-19-18-26-39(43)47(7,8)38-24-16-11-17-25-38)40(28-41(44)49)45(53-31-37-22-14-10-15-23-37)42(50)32-52-30-36-20-12-9-13-21-36/h9-17,20-25,29,33-35,39-40,43,45H,18-19,26-28,30-32H2,1-8H3/t39-,40-,43-,45+/m0/s1. The zero-order chi connectivity index (χ0) is 39.8. The van der Waals surface area contributed by atoms with Gasteiger partial charge in [-0.05, 0) is 63.2 Å². The summed E-state index contributed by atoms with van der Waals surface area (Å²) in [6.07, 6.45) is 3.50. The number of carbonyl (C=O) groups is 3. The lowest BCUT2D eigenvalue weighted by Crippen LogP contribution is -2.58. The van der Waals surface area contributed by atoms with Crippen LogP contribution in [-0.4, -0.2) is 55.5 Å². The summed E-state index contributed by atoms with van der Waals surface area (Å²) in [5, 5.41) is 0.750. The van der Waals surface area contributed by atoms with Crippen LogP contribution >= 0.6 is 0 Å². The maximum absolute atomic E-state index is 14.9. The first-order valence-corrected chi connectivity index (χ1v) is 22.6. The van der Waals surface area contributed by atoms with Gasteiger partial charge >= 0.3 is 6.09 Å². The van der Waals surface area contributed by atoms with Crippen LogP contribution in [-0.2, 0) is 42.4 Å². The molecule has 2 aliphatic rings. The van der Waals surface area contributed by atoms with E-state index in [2.05, 4.69) is 79.7 Å². The van der Waals surface area contributed by atoms with Gasteiger partial charge < -0.3 is 14.2 Å². The first-order chi connectivity index (χ1) is 26.3. The molecular weight excluding hydrogens is 703 g/mol. The van der Waals surface area contributed by atoms with Crippen LogP contribution in [0.3, 0.4) is 0 Å². The minimum absolute atomic E-state index is 0.0103. The summed E-state index contributed by atoms with van der Waals surface area (Å²) < 4.78 is 19.1. The summed E-state index contributed by atoms with van der Waals surface area (Å²) in [6.45, 7) is 17.9. The van der Waals surface area contributed by atoms with Gasteiger partial charge in [-0.25, -0.2) is 4.79 Å². The van der Waals surface area contributed by atoms with Crippen molar-refractivity contribution in [3.8, 4) is 0 Å². The Bertz CT molecular complexity index is 1720. The molecule has 4 atom stereocenters. The molecule has 1 aliphatic carbocycles. The van der Waals surface area contributed by atoms with Crippen molar-refractivity contribution < 1.29 is 28.6 Å². The van der Waals surface area contributed by atoms with Crippen molar-refractivity contribution >= 4 is 25.7 Å². The predicted octanol–water partition coefficient (Wildman–Crippen LogP) is 10.8. The Labute approximate surface area is 330 Å². The van der Waals surface area contributed by atoms with Gasteiger partial charge in [0.1, 0.15) is 26.9 Å². The molecule has 5 rings (SSSR count). The van der Waals surface area contributed by atoms with Gasteiger partial charge in [-0.2, -0.15) is 0 Å². The molecule has 3 aromatic rings. The van der Waals surface area contributed by atoms with E-state index in [0.717, 1.165) is 42.0 Å². The number of Topliss-reactive ketones (excluding diaryl/α,β-unsaturated/α-hetero) is 2. The Balaban J connectivity index is 1.54. The number of amides is 1. The summed E-state index contributed by atoms with van der Waals surface area (Å²) >= 11 is 0. The molecule has 1 saturated carbocycles. The Kier molecular flexibility index (Phi) is 14.5. The number of allylic oxidation sites excluding steroid dienone is 1. The molecule has 1 aliphatic heterocycles. The van der Waals surface area contributed by atoms with Crippen molar-refractivity contribution in [3.05, 3.63) is 119 Å². The van der Waals surface area contributed by atoms with Crippen LogP contribution in [0.15, 0.2) is 102 Å². The second-order valence-corrected chi connectivity index (χ2v) is 23.0. The molecule has 0 saturated heterocycles. The van der Waals surface area contributed by atoms with E-state index in [1.807, 2.05) is 66.7 Å². The zero-order valence-corrected chi connectivity index (χ0v) is 35.3. The van der Waals surface area contributed by atoms with E-state index in [9.17, 15) is 14.4 Å². The molecule has 296 valence electrons. The lowest BCUT2D eigenvalue weighted by Gasteiger charge is -2.48. The van der Waals surface area contributed by atoms with Crippen LogP contribution < -0.4 is 0 Å². The molecule has 1 heterocycles. The third-order valence-electron chi connectivity index (χ3n) is 12.6. The zero-order valence-electron chi connectivity index (χ0n) is 34.3. The van der Waals surface area contributed by atoms with Crippen LogP contribution in [0.5, 0.6) is 0 Å². The van der Waals surface area contributed by atoms with E-state index in [0.29, 0.717) is 0 Å². The molecule has 3 aromatic carbocycles. The normalized spacial score (nSPS) is 20.1. The second kappa shape index (κ2) is 18.9. The molecule has 0 radical (unpaired) electrons. The van der Waals surface area contributed by atoms with Crippen LogP contribution in [0, 0.1) is 5.92 Å². The molecule has 0 spiro atoms. The van der Waals surface area contributed by atoms with Gasteiger partial charge in [-0.15, -0.1) is 0 Å². The first-order valence-electron chi connectivity index (χ1n) is 20.4. The lowest BCUT2D eigenvalue weighted by atomic mass is 9.66. The molecular formula is C47H63NO6Si. The summed E-state index contributed by atoms with van der Waals surface area (Å²) in [7, 11) is -2.53. The third-order valence-corrected chi connectivity index (χ3v) is 19.6. The summed E-state index contributed by atoms with van der Waals surface area (Å²) in [5.41, 5.74) is 3.52. The minimum Gasteiger partial charge on any atom is -0.446 e. The van der Waals surface area contributed by atoms with Gasteiger partial charge in [0.25, 0.3) is 0 Å². The fourth-order valence-corrected chi connectivity index (χ4v) is 16.7. The molecule has 55 heavy (non-hydrogen) atoms. The molecule has 0 aromatic heterocycles. The molecule has 0 bridgehead atoms. The summed E-state index contributed by atoms with van der Waals surface area (Å²) in [5.74, 6) is -0.237. The van der Waals surface area contributed by atoms with E-state index < -0.39 is 26.3 Å². The quantitative estimate of drug-likeness (QED) is 0.135. The smallest absolute Gasteiger partial charge is 0.414 e. The molecule has 7 nitrogen and oxygen atoms in total. The van der Waals surface area contributed by atoms with Crippen molar-refractivity contribution in [2.24, 2.45) is 5.92 Å². The van der Waals surface area contributed by atoms with Gasteiger partial charge in [0.15, 0.2) is 11.6 Å². The summed E-state index contributed by atoms with van der Waals surface area (Å²) in [6, 6.07) is 28.9. The van der Waals surface area contributed by atoms with E-state index in [-0.39, 0.29) is 71.9 Å². The average Bonchev–Trinajstić information content (AvgIpc) is 3.16. The third kappa shape index (κ3) is 9.58. The highest BCUT2D eigenvalue weighted by atomic mass is 28.3. The van der Waals surface area contributed by atoms with E-state index in [1.54, 1.807) is 11.1 Å². The van der Waals surface area contributed by atoms with Crippen molar-refractivity contribution in [2.45, 2.75) is 141 Å². The van der Waals surface area contributed by atoms with E-state index in [1.165, 1.54) is 5.56 Å². The highest BCUT2D eigenvalue weighted by Gasteiger charge is 2.53. The topological polar surface area (TPSA) is 82.1 Å². The number of ether oxygens (including phenoxy) is 3. The van der Waals surface area contributed by atoms with E-state index >= 15 is 0 Å². The van der Waals surface area contributed by atoms with Gasteiger partial charge in [0.2, 0.25) is 0 Å². The Hall–Kier alpha value is -3.85. The van der Waals surface area contributed by atoms with Crippen LogP contribution in [0.2, 0.25) is 16.6 Å². The van der Waals surface area contributed by atoms with Crippen LogP contribution in [0.1, 0.15) is 104 Å². The Morgan fingerprint density at radius 2 is 1.29 bits per heavy atom. The van der Waals surface area contributed by atoms with Gasteiger partial charge in [-0.1, -0.05) is 153 Å². The number of carbonyl (C=O) groups excluding carboxylic acids is 3. The Morgan fingerprint density at radius 1 is 0.764 bits per heavy atom. The Morgan fingerprint density at radius 3 is 1.85 bits per heavy atom. The molecule has 8 heteroatoms. The monoisotopic (exact) mass is 765 g/mol. The van der Waals surface area contributed by atoms with Crippen LogP contribution in [0.4, 0.5) is 4.79 Å². The number of rotatable bonds is 16. The fraction of sp³-hybridized carbons (Fsp3) is 0.511. The highest BCUT2D eigenvalue weighted by molar-refractivity contribution is 6.93. The molecule has 1 fully saturated rings. The number of nitrogens with zero attached hydrogens (tertiary/aromatic N) is 1. The number of ketones is 2. The van der Waals surface area contributed by atoms with Gasteiger partial charge in [0.05, 0.1) is 19.3 Å². The average molecular weight is 766 g/mol. The second-order valence-electron chi connectivity index (χ2n) is 17.1. The van der Waals surface area contributed by atoms with Crippen LogP contribution in [0.25, 0.3) is 0 Å². The number of hydrogen-bond acceptors (Lipinski definition) is 6. The van der Waals surface area contributed by atoms with E-state index in [4.69, 9.17) is 14.2 Å². The molecule has 0 unspecified atom stereocenters. The number of benzene rings is 3. The van der Waals surface area contributed by atoms with Gasteiger partial charge in [-0.3, -0.25) is 14.5 Å². The van der Waals surface area contributed by atoms with Crippen molar-refractivity contribution in [3.63, 3.8) is 0 Å². The summed E-state index contributed by atoms with van der Waals surface area (Å²) in [4.78, 5) is 45.5. The largest absolute Gasteiger partial charge is 0.446 e. The SMILES string of the molecule is CC(C)[Si](C1=CN(C(=O)O[C@H]2CCCC[C@@H]2C(C)(C)c2ccccc2)[C@H]([C@@H](OCc2ccccc2)C(=O)COCc2ccccc2)CC1=O)(C(C)C)C(C)C. The van der Waals surface area contributed by atoms with Crippen molar-refractivity contribution in [1.82, 2.24) is 4.90 Å². The van der Waals surface area contributed by atoms with Gasteiger partial charge in [0, 0.05) is 18.5 Å². The first kappa shape index (κ1) is 42.3. The number of hydrogen-bond donors (Lipinski definition) is 0. The lowest BCUT2D eigenvalue weighted by molar-refractivity contribution is -0.142. The molecule has 1 amide bonds. The molecule has 0 N–H and O–H groups in total. The fourth-order valence-electron chi connectivity index (χ4n) is 9.87. The maximum atomic E-state index is 14.9. The van der Waals surface area contributed by atoms with Crippen molar-refractivity contribution in [2.75, 3.05) is 6.61 Å². The predicted molar refractivity (Wildman–Crippen MR) is 222 cm³/mol. The highest BCUT2D eigenvalue weighted by Crippen LogP contribution is 2.49. The minimum atomic E-state index is -2.53. The maximum Gasteiger partial charge on any atom is 0.414 e. The van der Waals surface area contributed by atoms with Crippen molar-refractivity contribution in [1.29, 1.82) is 0 Å².